The number of hydrogen-bond acceptors (Lipinski definition) is 5. The third-order valence-electron chi connectivity index (χ3n) is 4.37. The highest BCUT2D eigenvalue weighted by Gasteiger charge is 2.23. The molecule has 3 heterocycles. The minimum Gasteiger partial charge on any atom is -0.353 e. The summed E-state index contributed by atoms with van der Waals surface area (Å²) in [7, 11) is 0. The Hall–Kier alpha value is -2.49. The first-order valence-electron chi connectivity index (χ1n) is 8.31. The van der Waals surface area contributed by atoms with E-state index < -0.39 is 0 Å². The fourth-order valence-electron chi connectivity index (χ4n) is 2.99. The average Bonchev–Trinajstić information content (AvgIpc) is 3.23. The monoisotopic (exact) mass is 460 g/mol. The molecule has 1 fully saturated rings. The maximum atomic E-state index is 12.7. The first-order chi connectivity index (χ1) is 12.7. The number of aromatic nitrogens is 4. The van der Waals surface area contributed by atoms with E-state index in [1.165, 1.54) is 0 Å². The van der Waals surface area contributed by atoms with E-state index in [1.807, 2.05) is 46.0 Å². The molecule has 8 heteroatoms. The molecular weight excluding hydrogens is 443 g/mol. The number of piperazine rings is 1. The van der Waals surface area contributed by atoms with Crippen molar-refractivity contribution in [1.29, 1.82) is 0 Å². The van der Waals surface area contributed by atoms with E-state index in [2.05, 4.69) is 42.4 Å². The molecular formula is C18H17IN6O. The van der Waals surface area contributed by atoms with Gasteiger partial charge in [-0.2, -0.15) is 0 Å². The van der Waals surface area contributed by atoms with Crippen molar-refractivity contribution in [2.24, 2.45) is 0 Å². The van der Waals surface area contributed by atoms with E-state index in [-0.39, 0.29) is 5.91 Å². The van der Waals surface area contributed by atoms with E-state index in [0.717, 1.165) is 33.9 Å². The van der Waals surface area contributed by atoms with Crippen molar-refractivity contribution >= 4 is 34.3 Å². The SMILES string of the molecule is O=C(c1cccc(I)c1)N1CCN(c2cc(-n3ccnc3)ncn2)CC1. The van der Waals surface area contributed by atoms with Crippen LogP contribution in [0, 0.1) is 3.57 Å². The van der Waals surface area contributed by atoms with E-state index in [1.54, 1.807) is 18.9 Å². The fourth-order valence-corrected chi connectivity index (χ4v) is 3.53. The predicted octanol–water partition coefficient (Wildman–Crippen LogP) is 2.23. The number of carbonyl (C=O) groups is 1. The Bertz CT molecular complexity index is 906. The average molecular weight is 460 g/mol. The van der Waals surface area contributed by atoms with Crippen LogP contribution in [0.4, 0.5) is 5.82 Å². The number of amides is 1. The van der Waals surface area contributed by atoms with Crippen LogP contribution >= 0.6 is 22.6 Å². The van der Waals surface area contributed by atoms with Gasteiger partial charge in [-0.15, -0.1) is 0 Å². The Morgan fingerprint density at radius 3 is 2.58 bits per heavy atom. The molecule has 26 heavy (non-hydrogen) atoms. The third kappa shape index (κ3) is 3.55. The van der Waals surface area contributed by atoms with Gasteiger partial charge in [0.05, 0.1) is 0 Å². The van der Waals surface area contributed by atoms with Crippen molar-refractivity contribution in [3.63, 3.8) is 0 Å². The van der Waals surface area contributed by atoms with E-state index in [0.29, 0.717) is 13.1 Å². The summed E-state index contributed by atoms with van der Waals surface area (Å²) in [6.07, 6.45) is 6.85. The minimum atomic E-state index is 0.0879. The molecule has 1 saturated heterocycles. The Morgan fingerprint density at radius 2 is 1.85 bits per heavy atom. The lowest BCUT2D eigenvalue weighted by Crippen LogP contribution is -2.49. The zero-order valence-electron chi connectivity index (χ0n) is 14.0. The van der Waals surface area contributed by atoms with Gasteiger partial charge < -0.3 is 9.80 Å². The smallest absolute Gasteiger partial charge is 0.254 e. The van der Waals surface area contributed by atoms with Gasteiger partial charge in [-0.25, -0.2) is 15.0 Å². The molecule has 0 radical (unpaired) electrons. The molecule has 0 aliphatic carbocycles. The lowest BCUT2D eigenvalue weighted by Gasteiger charge is -2.35. The van der Waals surface area contributed by atoms with Gasteiger partial charge in [-0.05, 0) is 40.8 Å². The topological polar surface area (TPSA) is 67.2 Å². The van der Waals surface area contributed by atoms with Gasteiger partial charge in [0.15, 0.2) is 0 Å². The van der Waals surface area contributed by atoms with Crippen LogP contribution in [0.2, 0.25) is 0 Å². The first kappa shape index (κ1) is 17.0. The zero-order valence-corrected chi connectivity index (χ0v) is 16.2. The summed E-state index contributed by atoms with van der Waals surface area (Å²) in [6.45, 7) is 2.84. The van der Waals surface area contributed by atoms with Gasteiger partial charge in [-0.1, -0.05) is 6.07 Å². The molecule has 0 atom stereocenters. The van der Waals surface area contributed by atoms with Crippen molar-refractivity contribution in [3.8, 4) is 5.82 Å². The summed E-state index contributed by atoms with van der Waals surface area (Å²) in [5, 5.41) is 0. The van der Waals surface area contributed by atoms with Gasteiger partial charge in [-0.3, -0.25) is 9.36 Å². The highest BCUT2D eigenvalue weighted by Crippen LogP contribution is 2.17. The van der Waals surface area contributed by atoms with Gasteiger partial charge in [0.1, 0.15) is 24.3 Å². The van der Waals surface area contributed by atoms with Crippen LogP contribution in [0.15, 0.2) is 55.4 Å². The molecule has 0 spiro atoms. The van der Waals surface area contributed by atoms with Crippen molar-refractivity contribution in [3.05, 3.63) is 64.5 Å². The van der Waals surface area contributed by atoms with Crippen LogP contribution in [0.1, 0.15) is 10.4 Å². The number of nitrogens with zero attached hydrogens (tertiary/aromatic N) is 6. The summed E-state index contributed by atoms with van der Waals surface area (Å²) in [5.74, 6) is 1.74. The molecule has 4 rings (SSSR count). The second-order valence-corrected chi connectivity index (χ2v) is 7.24. The normalized spacial score (nSPS) is 14.5. The molecule has 0 N–H and O–H groups in total. The number of rotatable bonds is 3. The molecule has 0 saturated carbocycles. The Labute approximate surface area is 164 Å². The van der Waals surface area contributed by atoms with Crippen LogP contribution in [-0.4, -0.2) is 56.5 Å². The van der Waals surface area contributed by atoms with Crippen molar-refractivity contribution in [2.75, 3.05) is 31.1 Å². The fraction of sp³-hybridized carbons (Fsp3) is 0.222. The lowest BCUT2D eigenvalue weighted by atomic mass is 10.2. The molecule has 7 nitrogen and oxygen atoms in total. The second-order valence-electron chi connectivity index (χ2n) is 5.99. The Balaban J connectivity index is 1.44. The quantitative estimate of drug-likeness (QED) is 0.561. The second kappa shape index (κ2) is 7.40. The minimum absolute atomic E-state index is 0.0879. The predicted molar refractivity (Wildman–Crippen MR) is 106 cm³/mol. The molecule has 1 aromatic carbocycles. The maximum absolute atomic E-state index is 12.7. The summed E-state index contributed by atoms with van der Waals surface area (Å²) in [5.41, 5.74) is 0.745. The number of benzene rings is 1. The summed E-state index contributed by atoms with van der Waals surface area (Å²) in [6, 6.07) is 9.65. The molecule has 132 valence electrons. The first-order valence-corrected chi connectivity index (χ1v) is 9.39. The number of halogens is 1. The number of imidazole rings is 1. The van der Waals surface area contributed by atoms with Crippen LogP contribution in [0.3, 0.4) is 0 Å². The van der Waals surface area contributed by atoms with E-state index >= 15 is 0 Å². The molecule has 2 aromatic heterocycles. The van der Waals surface area contributed by atoms with Crippen LogP contribution < -0.4 is 4.90 Å². The molecule has 0 unspecified atom stereocenters. The molecule has 0 bridgehead atoms. The summed E-state index contributed by atoms with van der Waals surface area (Å²) < 4.78 is 2.92. The molecule has 1 amide bonds. The highest BCUT2D eigenvalue weighted by molar-refractivity contribution is 14.1. The Kier molecular flexibility index (Phi) is 4.83. The van der Waals surface area contributed by atoms with Gasteiger partial charge in [0, 0.05) is 53.8 Å². The van der Waals surface area contributed by atoms with Crippen LogP contribution in [0.5, 0.6) is 0 Å². The van der Waals surface area contributed by atoms with Crippen LogP contribution in [-0.2, 0) is 0 Å². The number of anilines is 1. The van der Waals surface area contributed by atoms with Crippen molar-refractivity contribution in [1.82, 2.24) is 24.4 Å². The summed E-state index contributed by atoms with van der Waals surface area (Å²) in [4.78, 5) is 29.5. The largest absolute Gasteiger partial charge is 0.353 e. The number of carbonyl (C=O) groups excluding carboxylic acids is 1. The zero-order chi connectivity index (χ0) is 17.9. The summed E-state index contributed by atoms with van der Waals surface area (Å²) >= 11 is 2.23. The lowest BCUT2D eigenvalue weighted by molar-refractivity contribution is 0.0746. The maximum Gasteiger partial charge on any atom is 0.254 e. The Morgan fingerprint density at radius 1 is 1.04 bits per heavy atom. The van der Waals surface area contributed by atoms with Crippen LogP contribution in [0.25, 0.3) is 5.82 Å². The van der Waals surface area contributed by atoms with E-state index in [9.17, 15) is 4.79 Å². The number of hydrogen-bond donors (Lipinski definition) is 0. The van der Waals surface area contributed by atoms with Gasteiger partial charge in [0.25, 0.3) is 5.91 Å². The highest BCUT2D eigenvalue weighted by atomic mass is 127. The standard InChI is InChI=1S/C18H17IN6O/c19-15-3-1-2-14(10-15)18(26)24-8-6-23(7-9-24)16-11-17(22-12-21-16)25-5-4-20-13-25/h1-5,10-13H,6-9H2. The van der Waals surface area contributed by atoms with Gasteiger partial charge >= 0.3 is 0 Å². The molecule has 1 aliphatic rings. The molecule has 1 aliphatic heterocycles. The van der Waals surface area contributed by atoms with Crippen molar-refractivity contribution < 1.29 is 4.79 Å². The van der Waals surface area contributed by atoms with Crippen molar-refractivity contribution in [2.45, 2.75) is 0 Å². The third-order valence-corrected chi connectivity index (χ3v) is 5.04. The van der Waals surface area contributed by atoms with E-state index in [4.69, 9.17) is 0 Å². The molecule has 3 aromatic rings. The van der Waals surface area contributed by atoms with Gasteiger partial charge in [0.2, 0.25) is 0 Å².